The van der Waals surface area contributed by atoms with Gasteiger partial charge in [0.1, 0.15) is 6.61 Å². The van der Waals surface area contributed by atoms with E-state index in [1.807, 2.05) is 18.2 Å². The maximum atomic E-state index is 11.5. The third-order valence-electron chi connectivity index (χ3n) is 2.62. The van der Waals surface area contributed by atoms with Crippen molar-refractivity contribution in [2.75, 3.05) is 6.54 Å². The number of rotatable bonds is 9. The molecule has 0 heterocycles. The van der Waals surface area contributed by atoms with Crippen molar-refractivity contribution in [3.8, 4) is 0 Å². The zero-order valence-corrected chi connectivity index (χ0v) is 11.3. The minimum atomic E-state index is -1.13. The molecule has 0 unspecified atom stereocenters. The molecular weight excluding hydrogens is 278 g/mol. The van der Waals surface area contributed by atoms with Crippen LogP contribution in [0.15, 0.2) is 30.3 Å². The number of aliphatic carboxylic acids is 2. The maximum absolute atomic E-state index is 11.5. The van der Waals surface area contributed by atoms with Crippen LogP contribution in [-0.2, 0) is 25.7 Å². The van der Waals surface area contributed by atoms with Gasteiger partial charge in [0.15, 0.2) is 0 Å². The van der Waals surface area contributed by atoms with E-state index in [-0.39, 0.29) is 26.0 Å². The largest absolute Gasteiger partial charge is 0.481 e. The Hall–Kier alpha value is -2.41. The minimum Gasteiger partial charge on any atom is -0.481 e. The zero-order valence-electron chi connectivity index (χ0n) is 11.3. The van der Waals surface area contributed by atoms with E-state index in [1.54, 1.807) is 12.1 Å². The second kappa shape index (κ2) is 8.70. The average Bonchev–Trinajstić information content (AvgIpc) is 2.42. The van der Waals surface area contributed by atoms with E-state index in [2.05, 4.69) is 5.32 Å². The van der Waals surface area contributed by atoms with E-state index in [1.165, 1.54) is 0 Å². The topological polar surface area (TPSA) is 113 Å². The smallest absolute Gasteiger partial charge is 0.320 e. The molecule has 7 nitrogen and oxygen atoms in total. The lowest BCUT2D eigenvalue weighted by molar-refractivity contribution is -0.145. The second-order valence-electron chi connectivity index (χ2n) is 4.42. The lowest BCUT2D eigenvalue weighted by atomic mass is 10.1. The highest BCUT2D eigenvalue weighted by molar-refractivity contribution is 5.73. The summed E-state index contributed by atoms with van der Waals surface area (Å²) in [5.41, 5.74) is 0.832. The van der Waals surface area contributed by atoms with E-state index >= 15 is 0 Å². The highest BCUT2D eigenvalue weighted by Crippen LogP contribution is 2.02. The number of esters is 1. The maximum Gasteiger partial charge on any atom is 0.320 e. The van der Waals surface area contributed by atoms with Crippen LogP contribution in [0.25, 0.3) is 0 Å². The molecule has 0 radical (unpaired) electrons. The first-order valence-corrected chi connectivity index (χ1v) is 6.34. The summed E-state index contributed by atoms with van der Waals surface area (Å²) in [7, 11) is 0. The SMILES string of the molecule is O=C(O)CC(CC(=O)O)NCC(=O)OCc1ccccc1. The van der Waals surface area contributed by atoms with Crippen molar-refractivity contribution in [3.63, 3.8) is 0 Å². The van der Waals surface area contributed by atoms with Crippen molar-refractivity contribution in [2.45, 2.75) is 25.5 Å². The monoisotopic (exact) mass is 295 g/mol. The number of carboxylic acids is 2. The van der Waals surface area contributed by atoms with Crippen molar-refractivity contribution in [1.29, 1.82) is 0 Å². The summed E-state index contributed by atoms with van der Waals surface area (Å²) in [5.74, 6) is -2.84. The number of hydrogen-bond acceptors (Lipinski definition) is 5. The van der Waals surface area contributed by atoms with Crippen molar-refractivity contribution in [2.24, 2.45) is 0 Å². The van der Waals surface area contributed by atoms with E-state index in [0.29, 0.717) is 0 Å². The molecule has 7 heteroatoms. The molecule has 0 fully saturated rings. The van der Waals surface area contributed by atoms with Crippen LogP contribution in [-0.4, -0.2) is 40.7 Å². The normalized spacial score (nSPS) is 10.3. The number of carboxylic acid groups (broad SMARTS) is 2. The molecule has 0 amide bonds. The number of hydrogen-bond donors (Lipinski definition) is 3. The van der Waals surface area contributed by atoms with Gasteiger partial charge < -0.3 is 20.3 Å². The third-order valence-corrected chi connectivity index (χ3v) is 2.62. The number of carbonyl (C=O) groups is 3. The predicted molar refractivity (Wildman–Crippen MR) is 72.5 cm³/mol. The summed E-state index contributed by atoms with van der Waals surface area (Å²) < 4.78 is 4.99. The Morgan fingerprint density at radius 1 is 1.05 bits per heavy atom. The lowest BCUT2D eigenvalue weighted by Gasteiger charge is -2.14. The summed E-state index contributed by atoms with van der Waals surface area (Å²) in [6.07, 6.45) is -0.753. The molecule has 0 saturated carbocycles. The molecule has 3 N–H and O–H groups in total. The molecule has 114 valence electrons. The summed E-state index contributed by atoms with van der Waals surface area (Å²) in [6.45, 7) is -0.123. The van der Waals surface area contributed by atoms with E-state index in [9.17, 15) is 14.4 Å². The molecule has 1 aromatic rings. The zero-order chi connectivity index (χ0) is 15.7. The fourth-order valence-corrected chi connectivity index (χ4v) is 1.65. The van der Waals surface area contributed by atoms with Crippen molar-refractivity contribution in [3.05, 3.63) is 35.9 Å². The molecule has 0 aliphatic rings. The molecule has 0 aliphatic carbocycles. The summed E-state index contributed by atoms with van der Waals surface area (Å²) in [5, 5.41) is 19.9. The van der Waals surface area contributed by atoms with Crippen molar-refractivity contribution >= 4 is 17.9 Å². The van der Waals surface area contributed by atoms with Crippen LogP contribution in [0.5, 0.6) is 0 Å². The van der Waals surface area contributed by atoms with Crippen molar-refractivity contribution in [1.82, 2.24) is 5.32 Å². The minimum absolute atomic E-state index is 0.115. The van der Waals surface area contributed by atoms with Gasteiger partial charge in [0, 0.05) is 6.04 Å². The average molecular weight is 295 g/mol. The highest BCUT2D eigenvalue weighted by atomic mass is 16.5. The Kier molecular flexibility index (Phi) is 6.90. The Bertz CT molecular complexity index is 471. The second-order valence-corrected chi connectivity index (χ2v) is 4.42. The fourth-order valence-electron chi connectivity index (χ4n) is 1.65. The summed E-state index contributed by atoms with van der Waals surface area (Å²) in [4.78, 5) is 32.7. The molecule has 0 atom stereocenters. The molecule has 1 aromatic carbocycles. The van der Waals surface area contributed by atoms with Gasteiger partial charge in [-0.05, 0) is 5.56 Å². The lowest BCUT2D eigenvalue weighted by Crippen LogP contribution is -2.37. The highest BCUT2D eigenvalue weighted by Gasteiger charge is 2.17. The molecule has 0 spiro atoms. The third kappa shape index (κ3) is 7.68. The van der Waals surface area contributed by atoms with Gasteiger partial charge in [-0.2, -0.15) is 0 Å². The van der Waals surface area contributed by atoms with Gasteiger partial charge in [-0.1, -0.05) is 30.3 Å². The van der Waals surface area contributed by atoms with Crippen LogP contribution in [0.4, 0.5) is 0 Å². The molecule has 1 rings (SSSR count). The summed E-state index contributed by atoms with van der Waals surface area (Å²) in [6, 6.07) is 8.27. The van der Waals surface area contributed by atoms with Gasteiger partial charge >= 0.3 is 17.9 Å². The van der Waals surface area contributed by atoms with Crippen LogP contribution in [0.1, 0.15) is 18.4 Å². The standard InChI is InChI=1S/C14H17NO6/c16-12(17)6-11(7-13(18)19)15-8-14(20)21-9-10-4-2-1-3-5-10/h1-5,11,15H,6-9H2,(H,16,17)(H,18,19). The van der Waals surface area contributed by atoms with Gasteiger partial charge in [0.2, 0.25) is 0 Å². The Labute approximate surface area is 121 Å². The number of benzene rings is 1. The predicted octanol–water partition coefficient (Wildman–Crippen LogP) is 0.637. The van der Waals surface area contributed by atoms with Crippen LogP contribution in [0.3, 0.4) is 0 Å². The first kappa shape index (κ1) is 16.6. The molecule has 0 aliphatic heterocycles. The van der Waals surface area contributed by atoms with Gasteiger partial charge in [0.25, 0.3) is 0 Å². The van der Waals surface area contributed by atoms with Crippen LogP contribution in [0, 0.1) is 0 Å². The molecule has 0 bridgehead atoms. The number of carbonyl (C=O) groups excluding carboxylic acids is 1. The fraction of sp³-hybridized carbons (Fsp3) is 0.357. The van der Waals surface area contributed by atoms with Gasteiger partial charge in [-0.3, -0.25) is 14.4 Å². The van der Waals surface area contributed by atoms with E-state index in [4.69, 9.17) is 14.9 Å². The number of ether oxygens (including phenoxy) is 1. The van der Waals surface area contributed by atoms with Crippen LogP contribution < -0.4 is 5.32 Å². The Morgan fingerprint density at radius 2 is 1.62 bits per heavy atom. The van der Waals surface area contributed by atoms with Crippen molar-refractivity contribution < 1.29 is 29.3 Å². The van der Waals surface area contributed by atoms with Gasteiger partial charge in [-0.25, -0.2) is 0 Å². The molecule has 0 aromatic heterocycles. The molecular formula is C14H17NO6. The first-order valence-electron chi connectivity index (χ1n) is 6.34. The van der Waals surface area contributed by atoms with Crippen LogP contribution >= 0.6 is 0 Å². The number of nitrogens with one attached hydrogen (secondary N) is 1. The van der Waals surface area contributed by atoms with E-state index in [0.717, 1.165) is 5.56 Å². The quantitative estimate of drug-likeness (QED) is 0.573. The van der Waals surface area contributed by atoms with E-state index < -0.39 is 23.9 Å². The van der Waals surface area contributed by atoms with Crippen LogP contribution in [0.2, 0.25) is 0 Å². The summed E-state index contributed by atoms with van der Waals surface area (Å²) >= 11 is 0. The molecule has 21 heavy (non-hydrogen) atoms. The van der Waals surface area contributed by atoms with Gasteiger partial charge in [0.05, 0.1) is 19.4 Å². The molecule has 0 saturated heterocycles. The Balaban J connectivity index is 2.35. The Morgan fingerprint density at radius 3 is 2.14 bits per heavy atom. The first-order chi connectivity index (χ1) is 9.97. The van der Waals surface area contributed by atoms with Gasteiger partial charge in [-0.15, -0.1) is 0 Å².